The highest BCUT2D eigenvalue weighted by atomic mass is 35.5. The third-order valence-electron chi connectivity index (χ3n) is 3.76. The molecule has 2 aromatic carbocycles. The molecule has 0 spiro atoms. The molecule has 2 aromatic heterocycles. The smallest absolute Gasteiger partial charge is 0.214 e. The van der Waals surface area contributed by atoms with Gasteiger partial charge in [-0.25, -0.2) is 4.98 Å². The molecule has 9 heteroatoms. The van der Waals surface area contributed by atoms with Crippen LogP contribution < -0.4 is 4.74 Å². The van der Waals surface area contributed by atoms with E-state index in [1.165, 1.54) is 11.8 Å². The molecule has 136 valence electrons. The number of hydrogen-bond donors (Lipinski definition) is 0. The molecular weight excluding hydrogens is 386 g/mol. The summed E-state index contributed by atoms with van der Waals surface area (Å²) in [5, 5.41) is 13.2. The van der Waals surface area contributed by atoms with E-state index in [0.717, 1.165) is 17.0 Å². The highest BCUT2D eigenvalue weighted by Crippen LogP contribution is 2.26. The monoisotopic (exact) mass is 399 g/mol. The zero-order valence-electron chi connectivity index (χ0n) is 14.2. The maximum absolute atomic E-state index is 5.92. The van der Waals surface area contributed by atoms with E-state index in [-0.39, 0.29) is 0 Å². The number of oxazole rings is 1. The number of tetrazole rings is 1. The number of methoxy groups -OCH3 is 1. The topological polar surface area (TPSA) is 78.9 Å². The average Bonchev–Trinajstić information content (AvgIpc) is 3.36. The Hall–Kier alpha value is -2.84. The van der Waals surface area contributed by atoms with E-state index in [1.54, 1.807) is 18.0 Å². The van der Waals surface area contributed by atoms with Gasteiger partial charge >= 0.3 is 0 Å². The number of hydrogen-bond acceptors (Lipinski definition) is 7. The molecule has 0 saturated carbocycles. The second-order valence-electron chi connectivity index (χ2n) is 5.49. The minimum Gasteiger partial charge on any atom is -0.497 e. The molecule has 0 saturated heterocycles. The number of halogens is 1. The molecule has 0 N–H and O–H groups in total. The summed E-state index contributed by atoms with van der Waals surface area (Å²) in [6.07, 6.45) is 1.70. The maximum atomic E-state index is 5.92. The second kappa shape index (κ2) is 7.81. The Labute approximate surface area is 164 Å². The lowest BCUT2D eigenvalue weighted by Gasteiger charge is -2.04. The minimum atomic E-state index is 0.504. The van der Waals surface area contributed by atoms with Crippen LogP contribution in [0, 0.1) is 0 Å². The first kappa shape index (κ1) is 17.6. The van der Waals surface area contributed by atoms with Gasteiger partial charge in [-0.3, -0.25) is 0 Å². The first-order valence-electron chi connectivity index (χ1n) is 7.99. The largest absolute Gasteiger partial charge is 0.497 e. The van der Waals surface area contributed by atoms with Crippen molar-refractivity contribution in [2.45, 2.75) is 10.9 Å². The van der Waals surface area contributed by atoms with Crippen LogP contribution in [0.1, 0.15) is 5.89 Å². The molecule has 0 unspecified atom stereocenters. The standard InChI is InChI=1S/C18H14ClN5O2S/c1-25-15-8-6-14(7-9-15)24-18(21-22-23-24)27-11-17-20-10-16(26-17)12-2-4-13(19)5-3-12/h2-10H,11H2,1H3. The fourth-order valence-corrected chi connectivity index (χ4v) is 3.28. The van der Waals surface area contributed by atoms with Gasteiger partial charge in [0, 0.05) is 10.6 Å². The van der Waals surface area contributed by atoms with Crippen molar-refractivity contribution >= 4 is 23.4 Å². The quantitative estimate of drug-likeness (QED) is 0.448. The Balaban J connectivity index is 1.47. The molecule has 7 nitrogen and oxygen atoms in total. The van der Waals surface area contributed by atoms with E-state index in [0.29, 0.717) is 27.6 Å². The van der Waals surface area contributed by atoms with Crippen LogP contribution in [-0.4, -0.2) is 32.3 Å². The zero-order valence-corrected chi connectivity index (χ0v) is 15.8. The van der Waals surface area contributed by atoms with E-state index in [9.17, 15) is 0 Å². The lowest BCUT2D eigenvalue weighted by molar-refractivity contribution is 0.414. The van der Waals surface area contributed by atoms with Crippen molar-refractivity contribution in [3.05, 3.63) is 65.6 Å². The summed E-state index contributed by atoms with van der Waals surface area (Å²) in [5.41, 5.74) is 1.77. The molecule has 0 bridgehead atoms. The normalized spacial score (nSPS) is 10.9. The van der Waals surface area contributed by atoms with Gasteiger partial charge in [0.1, 0.15) is 5.75 Å². The highest BCUT2D eigenvalue weighted by Gasteiger charge is 2.12. The SMILES string of the molecule is COc1ccc(-n2nnnc2SCc2ncc(-c3ccc(Cl)cc3)o2)cc1. The zero-order chi connectivity index (χ0) is 18.6. The van der Waals surface area contributed by atoms with Crippen LogP contribution in [0.4, 0.5) is 0 Å². The molecule has 4 aromatic rings. The number of nitrogens with zero attached hydrogens (tertiary/aromatic N) is 5. The number of thioether (sulfide) groups is 1. The van der Waals surface area contributed by atoms with Crippen molar-refractivity contribution in [3.63, 3.8) is 0 Å². The molecule has 0 aliphatic rings. The van der Waals surface area contributed by atoms with Crippen LogP contribution in [0.25, 0.3) is 17.0 Å². The number of aromatic nitrogens is 5. The van der Waals surface area contributed by atoms with Crippen LogP contribution in [-0.2, 0) is 5.75 Å². The summed E-state index contributed by atoms with van der Waals surface area (Å²) in [7, 11) is 1.63. The lowest BCUT2D eigenvalue weighted by atomic mass is 10.2. The Kier molecular flexibility index (Phi) is 5.08. The third-order valence-corrected chi connectivity index (χ3v) is 4.92. The summed E-state index contributed by atoms with van der Waals surface area (Å²) in [6.45, 7) is 0. The van der Waals surface area contributed by atoms with Crippen LogP contribution in [0.2, 0.25) is 5.02 Å². The van der Waals surface area contributed by atoms with Gasteiger partial charge in [-0.15, -0.1) is 5.10 Å². The molecule has 0 aliphatic heterocycles. The first-order valence-corrected chi connectivity index (χ1v) is 9.35. The summed E-state index contributed by atoms with van der Waals surface area (Å²) in [5.74, 6) is 2.56. The highest BCUT2D eigenvalue weighted by molar-refractivity contribution is 7.98. The molecule has 4 rings (SSSR count). The molecule has 0 fully saturated rings. The van der Waals surface area contributed by atoms with E-state index in [1.807, 2.05) is 48.5 Å². The molecule has 0 atom stereocenters. The first-order chi connectivity index (χ1) is 13.2. The van der Waals surface area contributed by atoms with Crippen molar-refractivity contribution in [1.82, 2.24) is 25.2 Å². The van der Waals surface area contributed by atoms with Crippen LogP contribution in [0.5, 0.6) is 5.75 Å². The van der Waals surface area contributed by atoms with Gasteiger partial charge in [0.2, 0.25) is 11.0 Å². The average molecular weight is 400 g/mol. The van der Waals surface area contributed by atoms with Crippen LogP contribution in [0.3, 0.4) is 0 Å². The van der Waals surface area contributed by atoms with E-state index in [4.69, 9.17) is 20.8 Å². The summed E-state index contributed by atoms with van der Waals surface area (Å²) in [4.78, 5) is 4.32. The van der Waals surface area contributed by atoms with E-state index >= 15 is 0 Å². The lowest BCUT2D eigenvalue weighted by Crippen LogP contribution is -1.99. The van der Waals surface area contributed by atoms with E-state index in [2.05, 4.69) is 20.5 Å². The van der Waals surface area contributed by atoms with Crippen molar-refractivity contribution < 1.29 is 9.15 Å². The molecule has 0 amide bonds. The number of rotatable bonds is 6. The summed E-state index contributed by atoms with van der Waals surface area (Å²) >= 11 is 7.36. The Morgan fingerprint density at radius 3 is 2.63 bits per heavy atom. The van der Waals surface area contributed by atoms with Crippen molar-refractivity contribution in [2.24, 2.45) is 0 Å². The summed E-state index contributed by atoms with van der Waals surface area (Å²) in [6, 6.07) is 14.9. The fraction of sp³-hybridized carbons (Fsp3) is 0.111. The molecule has 0 radical (unpaired) electrons. The van der Waals surface area contributed by atoms with Crippen molar-refractivity contribution in [2.75, 3.05) is 7.11 Å². The van der Waals surface area contributed by atoms with Crippen LogP contribution in [0.15, 0.2) is 64.3 Å². The van der Waals surface area contributed by atoms with Gasteiger partial charge in [0.25, 0.3) is 0 Å². The van der Waals surface area contributed by atoms with Gasteiger partial charge in [-0.05, 0) is 59.0 Å². The van der Waals surface area contributed by atoms with Gasteiger partial charge in [0.05, 0.1) is 24.7 Å². The van der Waals surface area contributed by atoms with Gasteiger partial charge in [-0.1, -0.05) is 23.4 Å². The third kappa shape index (κ3) is 3.96. The van der Waals surface area contributed by atoms with Crippen molar-refractivity contribution in [3.8, 4) is 22.8 Å². The van der Waals surface area contributed by atoms with E-state index < -0.39 is 0 Å². The second-order valence-corrected chi connectivity index (χ2v) is 6.86. The molecule has 0 aliphatic carbocycles. The summed E-state index contributed by atoms with van der Waals surface area (Å²) < 4.78 is 12.6. The molecule has 27 heavy (non-hydrogen) atoms. The van der Waals surface area contributed by atoms with Gasteiger partial charge < -0.3 is 9.15 Å². The fourth-order valence-electron chi connectivity index (χ4n) is 2.41. The van der Waals surface area contributed by atoms with Gasteiger partial charge in [-0.2, -0.15) is 4.68 Å². The van der Waals surface area contributed by atoms with Crippen LogP contribution >= 0.6 is 23.4 Å². The Morgan fingerprint density at radius 2 is 1.89 bits per heavy atom. The number of ether oxygens (including phenoxy) is 1. The number of benzene rings is 2. The molecular formula is C18H14ClN5O2S. The van der Waals surface area contributed by atoms with Gasteiger partial charge in [0.15, 0.2) is 5.76 Å². The minimum absolute atomic E-state index is 0.504. The predicted molar refractivity (Wildman–Crippen MR) is 102 cm³/mol. The predicted octanol–water partition coefficient (Wildman–Crippen LogP) is 4.27. The Morgan fingerprint density at radius 1 is 1.11 bits per heavy atom. The molecule has 2 heterocycles. The maximum Gasteiger partial charge on any atom is 0.214 e. The van der Waals surface area contributed by atoms with Crippen molar-refractivity contribution in [1.29, 1.82) is 0 Å². The Bertz CT molecular complexity index is 1030.